The van der Waals surface area contributed by atoms with Gasteiger partial charge >= 0.3 is 0 Å². The summed E-state index contributed by atoms with van der Waals surface area (Å²) in [6.07, 6.45) is 5.96. The highest BCUT2D eigenvalue weighted by atomic mass is 35.5. The van der Waals surface area contributed by atoms with Gasteiger partial charge in [0.15, 0.2) is 0 Å². The summed E-state index contributed by atoms with van der Waals surface area (Å²) in [6.45, 7) is 6.67. The molecule has 1 saturated heterocycles. The van der Waals surface area contributed by atoms with E-state index in [1.54, 1.807) is 0 Å². The van der Waals surface area contributed by atoms with Crippen molar-refractivity contribution in [2.45, 2.75) is 26.2 Å². The number of hydrogen-bond donors (Lipinski definition) is 2. The minimum atomic E-state index is 0. The van der Waals surface area contributed by atoms with Gasteiger partial charge in [-0.05, 0) is 55.0 Å². The second kappa shape index (κ2) is 8.66. The van der Waals surface area contributed by atoms with Crippen LogP contribution in [-0.2, 0) is 0 Å². The lowest BCUT2D eigenvalue weighted by molar-refractivity contribution is 0.438. The van der Waals surface area contributed by atoms with Crippen LogP contribution in [0.25, 0.3) is 5.57 Å². The average molecular weight is 344 g/mol. The first kappa shape index (κ1) is 19.1. The Bertz CT molecular complexity index is 509. The number of nitrogens with two attached hydrogens (primary N) is 1. The third-order valence-corrected chi connectivity index (χ3v) is 4.59. The van der Waals surface area contributed by atoms with Crippen LogP contribution in [0.2, 0.25) is 0 Å². The molecule has 2 aliphatic heterocycles. The summed E-state index contributed by atoms with van der Waals surface area (Å²) in [5, 5.41) is 3.37. The molecule has 22 heavy (non-hydrogen) atoms. The van der Waals surface area contributed by atoms with Crippen LogP contribution in [0.3, 0.4) is 0 Å². The van der Waals surface area contributed by atoms with Crippen LogP contribution < -0.4 is 16.0 Å². The standard InChI is InChI=1S/C17H25N3.2ClH/c1-13-6-10-20(11-7-13)17-12-15(2-3-16(17)18)14-4-8-19-9-5-14;;/h2-4,12-13,19H,5-11,18H2,1H3;2*1H. The summed E-state index contributed by atoms with van der Waals surface area (Å²) in [4.78, 5) is 2.46. The van der Waals surface area contributed by atoms with Crippen molar-refractivity contribution in [2.75, 3.05) is 36.8 Å². The van der Waals surface area contributed by atoms with Gasteiger partial charge < -0.3 is 16.0 Å². The van der Waals surface area contributed by atoms with Gasteiger partial charge in [-0.2, -0.15) is 0 Å². The molecule has 1 aromatic carbocycles. The minimum Gasteiger partial charge on any atom is -0.397 e. The van der Waals surface area contributed by atoms with E-state index in [2.05, 4.69) is 41.4 Å². The fourth-order valence-corrected chi connectivity index (χ4v) is 3.15. The number of nitrogen functional groups attached to an aromatic ring is 1. The number of piperidine rings is 1. The first-order valence-corrected chi connectivity index (χ1v) is 7.78. The van der Waals surface area contributed by atoms with E-state index >= 15 is 0 Å². The molecule has 1 aromatic rings. The van der Waals surface area contributed by atoms with Crippen molar-refractivity contribution in [1.29, 1.82) is 0 Å². The molecular formula is C17H27Cl2N3. The van der Waals surface area contributed by atoms with Gasteiger partial charge in [-0.15, -0.1) is 24.8 Å². The van der Waals surface area contributed by atoms with Crippen molar-refractivity contribution in [3.8, 4) is 0 Å². The van der Waals surface area contributed by atoms with E-state index in [1.807, 2.05) is 0 Å². The summed E-state index contributed by atoms with van der Waals surface area (Å²) >= 11 is 0. The molecule has 0 aliphatic carbocycles. The van der Waals surface area contributed by atoms with E-state index in [0.29, 0.717) is 0 Å². The molecule has 3 nitrogen and oxygen atoms in total. The lowest BCUT2D eigenvalue weighted by atomic mass is 9.96. The van der Waals surface area contributed by atoms with E-state index < -0.39 is 0 Å². The molecule has 0 atom stereocenters. The number of nitrogens with one attached hydrogen (secondary N) is 1. The van der Waals surface area contributed by atoms with Crippen molar-refractivity contribution < 1.29 is 0 Å². The maximum absolute atomic E-state index is 6.21. The Kier molecular flexibility index (Phi) is 7.54. The predicted octanol–water partition coefficient (Wildman–Crippen LogP) is 3.73. The molecule has 0 amide bonds. The highest BCUT2D eigenvalue weighted by molar-refractivity contribution is 5.85. The maximum Gasteiger partial charge on any atom is 0.0606 e. The summed E-state index contributed by atoms with van der Waals surface area (Å²) < 4.78 is 0. The Morgan fingerprint density at radius 1 is 1.18 bits per heavy atom. The maximum atomic E-state index is 6.21. The Morgan fingerprint density at radius 2 is 1.91 bits per heavy atom. The van der Waals surface area contributed by atoms with Crippen LogP contribution in [-0.4, -0.2) is 26.2 Å². The predicted molar refractivity (Wildman–Crippen MR) is 101 cm³/mol. The lowest BCUT2D eigenvalue weighted by Gasteiger charge is -2.33. The molecule has 2 heterocycles. The topological polar surface area (TPSA) is 41.3 Å². The van der Waals surface area contributed by atoms with Crippen LogP contribution >= 0.6 is 24.8 Å². The fourth-order valence-electron chi connectivity index (χ4n) is 3.15. The molecule has 124 valence electrons. The molecule has 1 fully saturated rings. The summed E-state index contributed by atoms with van der Waals surface area (Å²) in [5.74, 6) is 0.850. The van der Waals surface area contributed by atoms with Gasteiger partial charge in [-0.3, -0.25) is 0 Å². The number of nitrogens with zero attached hydrogens (tertiary/aromatic N) is 1. The van der Waals surface area contributed by atoms with E-state index in [1.165, 1.54) is 29.7 Å². The first-order chi connectivity index (χ1) is 9.74. The number of halogens is 2. The smallest absolute Gasteiger partial charge is 0.0606 e. The summed E-state index contributed by atoms with van der Waals surface area (Å²) in [6, 6.07) is 6.54. The molecule has 0 radical (unpaired) electrons. The van der Waals surface area contributed by atoms with Crippen LogP contribution in [0.4, 0.5) is 11.4 Å². The summed E-state index contributed by atoms with van der Waals surface area (Å²) in [5.41, 5.74) is 11.2. The zero-order valence-electron chi connectivity index (χ0n) is 13.2. The third kappa shape index (κ3) is 4.31. The van der Waals surface area contributed by atoms with Gasteiger partial charge in [-0.1, -0.05) is 19.1 Å². The molecule has 0 spiro atoms. The lowest BCUT2D eigenvalue weighted by Crippen LogP contribution is -2.33. The molecule has 5 heteroatoms. The molecule has 0 aromatic heterocycles. The van der Waals surface area contributed by atoms with Gasteiger partial charge in [0.05, 0.1) is 11.4 Å². The van der Waals surface area contributed by atoms with E-state index in [-0.39, 0.29) is 24.8 Å². The van der Waals surface area contributed by atoms with Crippen molar-refractivity contribution in [3.05, 3.63) is 29.8 Å². The van der Waals surface area contributed by atoms with E-state index in [4.69, 9.17) is 5.73 Å². The molecular weight excluding hydrogens is 317 g/mol. The Morgan fingerprint density at radius 3 is 2.55 bits per heavy atom. The van der Waals surface area contributed by atoms with Gasteiger partial charge in [-0.25, -0.2) is 0 Å². The second-order valence-corrected chi connectivity index (χ2v) is 6.13. The average Bonchev–Trinajstić information content (AvgIpc) is 2.50. The van der Waals surface area contributed by atoms with Crippen molar-refractivity contribution >= 4 is 41.8 Å². The normalized spacial score (nSPS) is 19.0. The van der Waals surface area contributed by atoms with Gasteiger partial charge in [0.2, 0.25) is 0 Å². The van der Waals surface area contributed by atoms with Crippen molar-refractivity contribution in [2.24, 2.45) is 5.92 Å². The molecule has 0 unspecified atom stereocenters. The van der Waals surface area contributed by atoms with Crippen LogP contribution in [0.15, 0.2) is 24.3 Å². The van der Waals surface area contributed by atoms with E-state index in [0.717, 1.165) is 44.2 Å². The van der Waals surface area contributed by atoms with Gasteiger partial charge in [0.25, 0.3) is 0 Å². The zero-order chi connectivity index (χ0) is 13.9. The van der Waals surface area contributed by atoms with Crippen LogP contribution in [0.5, 0.6) is 0 Å². The second-order valence-electron chi connectivity index (χ2n) is 6.13. The third-order valence-electron chi connectivity index (χ3n) is 4.59. The van der Waals surface area contributed by atoms with Gasteiger partial charge in [0, 0.05) is 19.6 Å². The largest absolute Gasteiger partial charge is 0.397 e. The highest BCUT2D eigenvalue weighted by Crippen LogP contribution is 2.32. The molecule has 2 aliphatic rings. The monoisotopic (exact) mass is 343 g/mol. The molecule has 0 saturated carbocycles. The SMILES string of the molecule is CC1CCN(c2cc(C3=CCNCC3)ccc2N)CC1.Cl.Cl. The van der Waals surface area contributed by atoms with Crippen LogP contribution in [0.1, 0.15) is 31.7 Å². The Hall–Kier alpha value is -0.900. The number of hydrogen-bond acceptors (Lipinski definition) is 3. The highest BCUT2D eigenvalue weighted by Gasteiger charge is 2.18. The molecule has 3 N–H and O–H groups in total. The van der Waals surface area contributed by atoms with Crippen molar-refractivity contribution in [1.82, 2.24) is 5.32 Å². The molecule has 0 bridgehead atoms. The Labute approximate surface area is 146 Å². The van der Waals surface area contributed by atoms with Crippen LogP contribution in [0, 0.1) is 5.92 Å². The Balaban J connectivity index is 0.00000121. The van der Waals surface area contributed by atoms with Gasteiger partial charge in [0.1, 0.15) is 0 Å². The number of rotatable bonds is 2. The van der Waals surface area contributed by atoms with Crippen molar-refractivity contribution in [3.63, 3.8) is 0 Å². The number of anilines is 2. The minimum absolute atomic E-state index is 0. The zero-order valence-corrected chi connectivity index (χ0v) is 14.8. The number of benzene rings is 1. The quantitative estimate of drug-likeness (QED) is 0.804. The molecule has 3 rings (SSSR count). The fraction of sp³-hybridized carbons (Fsp3) is 0.529. The summed E-state index contributed by atoms with van der Waals surface area (Å²) in [7, 11) is 0. The van der Waals surface area contributed by atoms with E-state index in [9.17, 15) is 0 Å². The first-order valence-electron chi connectivity index (χ1n) is 7.78.